The first-order chi connectivity index (χ1) is 7.94. The number of rotatable bonds is 5. The molecule has 0 aliphatic carbocycles. The van der Waals surface area contributed by atoms with Gasteiger partial charge in [0.25, 0.3) is 0 Å². The van der Waals surface area contributed by atoms with Gasteiger partial charge < -0.3 is 10.2 Å². The van der Waals surface area contributed by atoms with E-state index in [4.69, 9.17) is 11.6 Å². The van der Waals surface area contributed by atoms with Gasteiger partial charge in [0, 0.05) is 19.1 Å². The van der Waals surface area contributed by atoms with Gasteiger partial charge in [0.1, 0.15) is 0 Å². The van der Waals surface area contributed by atoms with Crippen molar-refractivity contribution in [1.82, 2.24) is 5.32 Å². The van der Waals surface area contributed by atoms with Crippen molar-refractivity contribution in [1.29, 1.82) is 0 Å². The van der Waals surface area contributed by atoms with Crippen molar-refractivity contribution in [3.05, 3.63) is 28.8 Å². The molecule has 0 heterocycles. The molecule has 0 amide bonds. The zero-order chi connectivity index (χ0) is 13.1. The van der Waals surface area contributed by atoms with Crippen LogP contribution in [0.4, 0.5) is 5.69 Å². The molecule has 1 aromatic carbocycles. The summed E-state index contributed by atoms with van der Waals surface area (Å²) in [5.74, 6) is 0. The maximum atomic E-state index is 6.35. The normalized spacial score (nSPS) is 11.6. The molecule has 0 saturated carbocycles. The van der Waals surface area contributed by atoms with Crippen LogP contribution in [0.2, 0.25) is 5.02 Å². The Morgan fingerprint density at radius 3 is 2.53 bits per heavy atom. The van der Waals surface area contributed by atoms with Crippen LogP contribution in [0, 0.1) is 0 Å². The fraction of sp³-hybridized carbons (Fsp3) is 0.571. The highest BCUT2D eigenvalue weighted by Gasteiger charge is 2.24. The first kappa shape index (κ1) is 14.3. The van der Waals surface area contributed by atoms with Crippen molar-refractivity contribution in [3.63, 3.8) is 0 Å². The van der Waals surface area contributed by atoms with Gasteiger partial charge in [0.05, 0.1) is 10.7 Å². The molecule has 3 heteroatoms. The average molecular weight is 255 g/mol. The van der Waals surface area contributed by atoms with Gasteiger partial charge in [-0.05, 0) is 38.9 Å². The third-order valence-corrected chi connectivity index (χ3v) is 3.85. The van der Waals surface area contributed by atoms with E-state index in [9.17, 15) is 0 Å². The number of hydrogen-bond acceptors (Lipinski definition) is 2. The highest BCUT2D eigenvalue weighted by Crippen LogP contribution is 2.34. The lowest BCUT2D eigenvalue weighted by Crippen LogP contribution is -2.41. The Balaban J connectivity index is 3.19. The van der Waals surface area contributed by atoms with Gasteiger partial charge in [0.2, 0.25) is 0 Å². The topological polar surface area (TPSA) is 15.3 Å². The third kappa shape index (κ3) is 3.14. The number of halogens is 1. The number of nitrogens with zero attached hydrogens (tertiary/aromatic N) is 1. The quantitative estimate of drug-likeness (QED) is 0.862. The van der Waals surface area contributed by atoms with E-state index in [0.29, 0.717) is 0 Å². The van der Waals surface area contributed by atoms with E-state index in [2.05, 4.69) is 44.1 Å². The molecule has 2 nitrogen and oxygen atoms in total. The Hall–Kier alpha value is -0.730. The molecule has 1 N–H and O–H groups in total. The molecular formula is C14H23ClN2. The number of hydrogen-bond donors (Lipinski definition) is 1. The fourth-order valence-corrected chi connectivity index (χ4v) is 2.13. The Bertz CT molecular complexity index is 374. The predicted molar refractivity (Wildman–Crippen MR) is 77.0 cm³/mol. The van der Waals surface area contributed by atoms with Crippen LogP contribution in [0.1, 0.15) is 32.8 Å². The number of anilines is 1. The summed E-state index contributed by atoms with van der Waals surface area (Å²) in [6, 6.07) is 6.09. The minimum Gasteiger partial charge on any atom is -0.368 e. The summed E-state index contributed by atoms with van der Waals surface area (Å²) < 4.78 is 0. The van der Waals surface area contributed by atoms with E-state index in [-0.39, 0.29) is 5.54 Å². The van der Waals surface area contributed by atoms with Gasteiger partial charge >= 0.3 is 0 Å². The van der Waals surface area contributed by atoms with Crippen LogP contribution in [0.25, 0.3) is 0 Å². The largest absolute Gasteiger partial charge is 0.368 e. The highest BCUT2D eigenvalue weighted by atomic mass is 35.5. The van der Waals surface area contributed by atoms with Crippen LogP contribution in [0.15, 0.2) is 18.2 Å². The molecule has 17 heavy (non-hydrogen) atoms. The van der Waals surface area contributed by atoms with Crippen LogP contribution in [0.5, 0.6) is 0 Å². The summed E-state index contributed by atoms with van der Waals surface area (Å²) in [5.41, 5.74) is 2.48. The lowest BCUT2D eigenvalue weighted by molar-refractivity contribution is 0.469. The minimum atomic E-state index is 0.105. The van der Waals surface area contributed by atoms with Crippen LogP contribution in [0.3, 0.4) is 0 Å². The predicted octanol–water partition coefficient (Wildman–Crippen LogP) is 3.68. The smallest absolute Gasteiger partial charge is 0.0642 e. The summed E-state index contributed by atoms with van der Waals surface area (Å²) >= 11 is 6.35. The molecule has 0 bridgehead atoms. The maximum Gasteiger partial charge on any atom is 0.0642 e. The Morgan fingerprint density at radius 2 is 2.00 bits per heavy atom. The van der Waals surface area contributed by atoms with Crippen LogP contribution in [-0.2, 0) is 6.54 Å². The van der Waals surface area contributed by atoms with E-state index >= 15 is 0 Å². The average Bonchev–Trinajstić information content (AvgIpc) is 2.29. The van der Waals surface area contributed by atoms with Crippen molar-refractivity contribution in [3.8, 4) is 0 Å². The zero-order valence-electron chi connectivity index (χ0n) is 11.5. The lowest BCUT2D eigenvalue weighted by Gasteiger charge is -2.38. The van der Waals surface area contributed by atoms with Crippen molar-refractivity contribution < 1.29 is 0 Å². The van der Waals surface area contributed by atoms with Gasteiger partial charge in [0.15, 0.2) is 0 Å². The summed E-state index contributed by atoms with van der Waals surface area (Å²) in [7, 11) is 4.07. The summed E-state index contributed by atoms with van der Waals surface area (Å²) in [6.45, 7) is 7.50. The molecule has 0 spiro atoms. The first-order valence-electron chi connectivity index (χ1n) is 6.10. The van der Waals surface area contributed by atoms with E-state index in [1.807, 2.05) is 19.2 Å². The molecule has 0 aliphatic rings. The van der Waals surface area contributed by atoms with Crippen LogP contribution in [-0.4, -0.2) is 19.6 Å². The van der Waals surface area contributed by atoms with E-state index in [1.165, 1.54) is 5.56 Å². The second-order valence-electron chi connectivity index (χ2n) is 5.00. The van der Waals surface area contributed by atoms with Crippen molar-refractivity contribution in [2.75, 3.05) is 19.0 Å². The molecule has 0 aliphatic heterocycles. The molecule has 0 atom stereocenters. The Labute approximate surface area is 110 Å². The number of para-hydroxylation sites is 1. The zero-order valence-corrected chi connectivity index (χ0v) is 12.2. The molecule has 0 unspecified atom stereocenters. The molecule has 96 valence electrons. The summed E-state index contributed by atoms with van der Waals surface area (Å²) in [6.07, 6.45) is 1.08. The summed E-state index contributed by atoms with van der Waals surface area (Å²) in [4.78, 5) is 2.28. The van der Waals surface area contributed by atoms with Gasteiger partial charge in [-0.1, -0.05) is 30.7 Å². The molecule has 0 radical (unpaired) electrons. The second-order valence-corrected chi connectivity index (χ2v) is 5.41. The Kier molecular flexibility index (Phi) is 4.84. The molecular weight excluding hydrogens is 232 g/mol. The standard InChI is InChI=1S/C14H23ClN2/c1-6-14(2,3)17(5)13-11(10-16-4)8-7-9-12(13)15/h7-9,16H,6,10H2,1-5H3. The van der Waals surface area contributed by atoms with E-state index in [0.717, 1.165) is 23.7 Å². The Morgan fingerprint density at radius 1 is 1.35 bits per heavy atom. The molecule has 0 fully saturated rings. The molecule has 0 aromatic heterocycles. The van der Waals surface area contributed by atoms with Gasteiger partial charge in [-0.3, -0.25) is 0 Å². The van der Waals surface area contributed by atoms with Crippen molar-refractivity contribution in [2.24, 2.45) is 0 Å². The SMILES string of the molecule is CCC(C)(C)N(C)c1c(Cl)cccc1CNC. The monoisotopic (exact) mass is 254 g/mol. The van der Waals surface area contributed by atoms with Crippen LogP contribution >= 0.6 is 11.6 Å². The van der Waals surface area contributed by atoms with E-state index < -0.39 is 0 Å². The summed E-state index contributed by atoms with van der Waals surface area (Å²) in [5, 5.41) is 4.01. The maximum absolute atomic E-state index is 6.35. The first-order valence-corrected chi connectivity index (χ1v) is 6.47. The highest BCUT2D eigenvalue weighted by molar-refractivity contribution is 6.33. The van der Waals surface area contributed by atoms with Crippen molar-refractivity contribution >= 4 is 17.3 Å². The number of benzene rings is 1. The van der Waals surface area contributed by atoms with Crippen LogP contribution < -0.4 is 10.2 Å². The fourth-order valence-electron chi connectivity index (χ4n) is 1.81. The second kappa shape index (κ2) is 5.74. The van der Waals surface area contributed by atoms with E-state index in [1.54, 1.807) is 0 Å². The number of nitrogens with one attached hydrogen (secondary N) is 1. The van der Waals surface area contributed by atoms with Crippen molar-refractivity contribution in [2.45, 2.75) is 39.3 Å². The van der Waals surface area contributed by atoms with Gasteiger partial charge in [-0.15, -0.1) is 0 Å². The van der Waals surface area contributed by atoms with Gasteiger partial charge in [-0.25, -0.2) is 0 Å². The molecule has 1 aromatic rings. The molecule has 0 saturated heterocycles. The lowest BCUT2D eigenvalue weighted by atomic mass is 9.98. The third-order valence-electron chi connectivity index (χ3n) is 3.55. The van der Waals surface area contributed by atoms with Gasteiger partial charge in [-0.2, -0.15) is 0 Å². The molecule has 1 rings (SSSR count). The minimum absolute atomic E-state index is 0.105.